The first-order valence-electron chi connectivity index (χ1n) is 6.31. The molecular weight excluding hydrogens is 224 g/mol. The maximum atomic E-state index is 8.94. The number of anilines is 1. The molecule has 0 atom stereocenters. The Morgan fingerprint density at radius 3 is 2.72 bits per heavy atom. The molecule has 0 spiro atoms. The molecule has 0 saturated carbocycles. The molecule has 0 aromatic heterocycles. The van der Waals surface area contributed by atoms with Crippen molar-refractivity contribution in [2.45, 2.75) is 33.3 Å². The monoisotopic (exact) mass is 246 g/mol. The molecule has 1 aromatic carbocycles. The lowest BCUT2D eigenvalue weighted by Crippen LogP contribution is -2.11. The van der Waals surface area contributed by atoms with Gasteiger partial charge in [0.15, 0.2) is 0 Å². The van der Waals surface area contributed by atoms with Crippen LogP contribution < -0.4 is 5.32 Å². The lowest BCUT2D eigenvalue weighted by atomic mass is 9.90. The molecule has 98 valence electrons. The van der Waals surface area contributed by atoms with Crippen LogP contribution in [0.3, 0.4) is 0 Å². The molecule has 1 N–H and O–H groups in total. The molecule has 3 heteroatoms. The number of nitrogens with one attached hydrogen (secondary N) is 1. The van der Waals surface area contributed by atoms with Gasteiger partial charge >= 0.3 is 0 Å². The van der Waals surface area contributed by atoms with E-state index in [1.165, 1.54) is 5.56 Å². The summed E-state index contributed by atoms with van der Waals surface area (Å²) in [5.74, 6) is 0. The Labute approximate surface area is 110 Å². The first-order valence-corrected chi connectivity index (χ1v) is 6.31. The fraction of sp³-hybridized carbons (Fsp3) is 0.533. The maximum Gasteiger partial charge on any atom is 0.0733 e. The summed E-state index contributed by atoms with van der Waals surface area (Å²) in [5.41, 5.74) is 2.06. The zero-order valence-electron chi connectivity index (χ0n) is 11.5. The number of methoxy groups -OCH3 is 1. The first-order chi connectivity index (χ1) is 8.59. The van der Waals surface area contributed by atoms with Gasteiger partial charge in [0.2, 0.25) is 0 Å². The van der Waals surface area contributed by atoms with Crippen molar-refractivity contribution >= 4 is 5.69 Å². The van der Waals surface area contributed by atoms with E-state index >= 15 is 0 Å². The molecule has 3 nitrogen and oxygen atoms in total. The molecule has 0 amide bonds. The van der Waals surface area contributed by atoms with Gasteiger partial charge in [-0.1, -0.05) is 18.2 Å². The molecule has 1 rings (SSSR count). The van der Waals surface area contributed by atoms with Crippen LogP contribution in [-0.4, -0.2) is 13.7 Å². The topological polar surface area (TPSA) is 45.0 Å². The SMILES string of the molecule is COCc1ccccc1NCCCC(C)(C)C#N. The van der Waals surface area contributed by atoms with Gasteiger partial charge in [-0.2, -0.15) is 5.26 Å². The van der Waals surface area contributed by atoms with Crippen molar-refractivity contribution in [3.63, 3.8) is 0 Å². The van der Waals surface area contributed by atoms with Crippen molar-refractivity contribution < 1.29 is 4.74 Å². The normalized spacial score (nSPS) is 11.0. The Hall–Kier alpha value is -1.53. The van der Waals surface area contributed by atoms with E-state index in [1.54, 1.807) is 7.11 Å². The van der Waals surface area contributed by atoms with Gasteiger partial charge in [-0.15, -0.1) is 0 Å². The van der Waals surface area contributed by atoms with Crippen LogP contribution in [0, 0.1) is 16.7 Å². The number of hydrogen-bond donors (Lipinski definition) is 1. The van der Waals surface area contributed by atoms with Gasteiger partial charge in [0.05, 0.1) is 18.1 Å². The van der Waals surface area contributed by atoms with E-state index in [1.807, 2.05) is 26.0 Å². The highest BCUT2D eigenvalue weighted by Gasteiger charge is 2.15. The number of nitrogens with zero attached hydrogens (tertiary/aromatic N) is 1. The fourth-order valence-corrected chi connectivity index (χ4v) is 1.78. The van der Waals surface area contributed by atoms with Crippen LogP contribution in [0.25, 0.3) is 0 Å². The van der Waals surface area contributed by atoms with E-state index in [0.717, 1.165) is 25.1 Å². The highest BCUT2D eigenvalue weighted by atomic mass is 16.5. The smallest absolute Gasteiger partial charge is 0.0733 e. The van der Waals surface area contributed by atoms with Crippen LogP contribution in [0.4, 0.5) is 5.69 Å². The van der Waals surface area contributed by atoms with Crippen LogP contribution >= 0.6 is 0 Å². The summed E-state index contributed by atoms with van der Waals surface area (Å²) in [7, 11) is 1.70. The Kier molecular flexibility index (Phi) is 5.67. The zero-order chi connectivity index (χ0) is 13.4. The Morgan fingerprint density at radius 2 is 2.06 bits per heavy atom. The standard InChI is InChI=1S/C15H22N2O/c1-15(2,12-16)9-6-10-17-14-8-5-4-7-13(14)11-18-3/h4-5,7-8,17H,6,9-11H2,1-3H3. The van der Waals surface area contributed by atoms with E-state index in [9.17, 15) is 0 Å². The van der Waals surface area contributed by atoms with E-state index in [2.05, 4.69) is 23.5 Å². The number of benzene rings is 1. The Morgan fingerprint density at radius 1 is 1.33 bits per heavy atom. The molecule has 0 radical (unpaired) electrons. The van der Waals surface area contributed by atoms with Gasteiger partial charge in [-0.3, -0.25) is 0 Å². The largest absolute Gasteiger partial charge is 0.385 e. The van der Waals surface area contributed by atoms with E-state index in [-0.39, 0.29) is 5.41 Å². The number of ether oxygens (including phenoxy) is 1. The van der Waals surface area contributed by atoms with Crippen LogP contribution in [0.2, 0.25) is 0 Å². The summed E-state index contributed by atoms with van der Waals surface area (Å²) >= 11 is 0. The third-order valence-corrected chi connectivity index (χ3v) is 2.91. The molecule has 0 aliphatic rings. The highest BCUT2D eigenvalue weighted by molar-refractivity contribution is 5.50. The fourth-order valence-electron chi connectivity index (χ4n) is 1.78. The zero-order valence-corrected chi connectivity index (χ0v) is 11.5. The predicted octanol–water partition coefficient (Wildman–Crippen LogP) is 3.57. The van der Waals surface area contributed by atoms with Crippen molar-refractivity contribution in [3.05, 3.63) is 29.8 Å². The predicted molar refractivity (Wildman–Crippen MR) is 74.3 cm³/mol. The van der Waals surface area contributed by atoms with Gasteiger partial charge < -0.3 is 10.1 Å². The van der Waals surface area contributed by atoms with E-state index < -0.39 is 0 Å². The van der Waals surface area contributed by atoms with Crippen LogP contribution in [0.15, 0.2) is 24.3 Å². The summed E-state index contributed by atoms with van der Waals surface area (Å²) in [4.78, 5) is 0. The summed E-state index contributed by atoms with van der Waals surface area (Å²) in [5, 5.41) is 12.3. The highest BCUT2D eigenvalue weighted by Crippen LogP contribution is 2.21. The minimum Gasteiger partial charge on any atom is -0.385 e. The molecule has 1 aromatic rings. The minimum absolute atomic E-state index is 0.228. The van der Waals surface area contributed by atoms with Crippen molar-refractivity contribution in [1.82, 2.24) is 0 Å². The third kappa shape index (κ3) is 4.77. The Bertz CT molecular complexity index is 407. The summed E-state index contributed by atoms with van der Waals surface area (Å²) < 4.78 is 5.16. The summed E-state index contributed by atoms with van der Waals surface area (Å²) in [6.45, 7) is 5.45. The molecule has 0 bridgehead atoms. The van der Waals surface area contributed by atoms with Gasteiger partial charge in [-0.05, 0) is 32.8 Å². The van der Waals surface area contributed by atoms with Gasteiger partial charge in [0, 0.05) is 24.9 Å². The average molecular weight is 246 g/mol. The average Bonchev–Trinajstić information content (AvgIpc) is 2.37. The quantitative estimate of drug-likeness (QED) is 0.748. The lowest BCUT2D eigenvalue weighted by molar-refractivity contribution is 0.185. The van der Waals surface area contributed by atoms with E-state index in [0.29, 0.717) is 6.61 Å². The van der Waals surface area contributed by atoms with E-state index in [4.69, 9.17) is 10.00 Å². The molecule has 0 aliphatic heterocycles. The number of rotatable bonds is 7. The molecular formula is C15H22N2O. The summed E-state index contributed by atoms with van der Waals surface area (Å²) in [6, 6.07) is 10.5. The van der Waals surface area contributed by atoms with Crippen LogP contribution in [0.5, 0.6) is 0 Å². The second-order valence-corrected chi connectivity index (χ2v) is 5.12. The molecule has 0 unspecified atom stereocenters. The Balaban J connectivity index is 2.42. The molecule has 0 saturated heterocycles. The van der Waals surface area contributed by atoms with Gasteiger partial charge in [0.25, 0.3) is 0 Å². The molecule has 0 fully saturated rings. The van der Waals surface area contributed by atoms with Gasteiger partial charge in [0.1, 0.15) is 0 Å². The molecule has 0 aliphatic carbocycles. The van der Waals surface area contributed by atoms with Crippen molar-refractivity contribution in [2.24, 2.45) is 5.41 Å². The van der Waals surface area contributed by atoms with Crippen LogP contribution in [0.1, 0.15) is 32.3 Å². The number of nitriles is 1. The third-order valence-electron chi connectivity index (χ3n) is 2.91. The minimum atomic E-state index is -0.228. The van der Waals surface area contributed by atoms with Crippen LogP contribution in [-0.2, 0) is 11.3 Å². The first kappa shape index (κ1) is 14.5. The van der Waals surface area contributed by atoms with Crippen molar-refractivity contribution in [3.8, 4) is 6.07 Å². The van der Waals surface area contributed by atoms with Gasteiger partial charge in [-0.25, -0.2) is 0 Å². The summed E-state index contributed by atoms with van der Waals surface area (Å²) in [6.07, 6.45) is 1.89. The number of hydrogen-bond acceptors (Lipinski definition) is 3. The second-order valence-electron chi connectivity index (χ2n) is 5.12. The van der Waals surface area contributed by atoms with Crippen molar-refractivity contribution in [1.29, 1.82) is 5.26 Å². The molecule has 18 heavy (non-hydrogen) atoms. The maximum absolute atomic E-state index is 8.94. The molecule has 0 heterocycles. The van der Waals surface area contributed by atoms with Crippen molar-refractivity contribution in [2.75, 3.05) is 19.0 Å². The number of para-hydroxylation sites is 1. The second kappa shape index (κ2) is 7.03. The lowest BCUT2D eigenvalue weighted by Gasteiger charge is -2.16.